The molecule has 2 N–H and O–H groups in total. The van der Waals surface area contributed by atoms with Crippen LogP contribution in [-0.2, 0) is 13.6 Å². The van der Waals surface area contributed by atoms with Crippen molar-refractivity contribution in [2.75, 3.05) is 6.54 Å². The van der Waals surface area contributed by atoms with E-state index < -0.39 is 12.6 Å². The van der Waals surface area contributed by atoms with E-state index in [-0.39, 0.29) is 19.1 Å². The van der Waals surface area contributed by atoms with Crippen molar-refractivity contribution >= 4 is 5.96 Å². The maximum atomic E-state index is 12.3. The SMILES string of the molecule is Cc1nnc(CN=C(NCCC(F)(F)F)NC2CCCC2)n1C. The smallest absolute Gasteiger partial charge is 0.356 e. The lowest BCUT2D eigenvalue weighted by atomic mass is 10.2. The van der Waals surface area contributed by atoms with E-state index >= 15 is 0 Å². The summed E-state index contributed by atoms with van der Waals surface area (Å²) in [5, 5.41) is 13.9. The van der Waals surface area contributed by atoms with Crippen LogP contribution >= 0.6 is 0 Å². The van der Waals surface area contributed by atoms with Crippen LogP contribution < -0.4 is 10.6 Å². The van der Waals surface area contributed by atoms with Crippen LogP contribution in [0.3, 0.4) is 0 Å². The molecule has 0 aromatic carbocycles. The molecule has 23 heavy (non-hydrogen) atoms. The van der Waals surface area contributed by atoms with Gasteiger partial charge in [0.05, 0.1) is 6.42 Å². The number of aryl methyl sites for hydroxylation is 1. The molecule has 0 unspecified atom stereocenters. The number of aliphatic imine (C=N–C) groups is 1. The number of nitrogens with one attached hydrogen (secondary N) is 2. The maximum Gasteiger partial charge on any atom is 0.390 e. The molecular weight excluding hydrogens is 309 g/mol. The molecule has 1 aliphatic rings. The molecule has 0 aliphatic heterocycles. The fraction of sp³-hybridized carbons (Fsp3) is 0.786. The molecule has 0 saturated heterocycles. The summed E-state index contributed by atoms with van der Waals surface area (Å²) in [6.07, 6.45) is -0.758. The Morgan fingerprint density at radius 1 is 1.30 bits per heavy atom. The van der Waals surface area contributed by atoms with Crippen LogP contribution in [0, 0.1) is 6.92 Å². The topological polar surface area (TPSA) is 67.1 Å². The third-order valence-corrected chi connectivity index (χ3v) is 3.96. The van der Waals surface area contributed by atoms with Crippen LogP contribution in [0.25, 0.3) is 0 Å². The molecule has 9 heteroatoms. The molecule has 1 fully saturated rings. The lowest BCUT2D eigenvalue weighted by Crippen LogP contribution is -2.43. The van der Waals surface area contributed by atoms with Crippen LogP contribution in [0.1, 0.15) is 43.8 Å². The van der Waals surface area contributed by atoms with Crippen molar-refractivity contribution in [1.29, 1.82) is 0 Å². The van der Waals surface area contributed by atoms with Crippen molar-refractivity contribution in [2.45, 2.75) is 57.8 Å². The Morgan fingerprint density at radius 2 is 2.00 bits per heavy atom. The number of alkyl halides is 3. The first-order valence-electron chi connectivity index (χ1n) is 7.81. The first-order chi connectivity index (χ1) is 10.8. The average molecular weight is 332 g/mol. The number of halogens is 3. The summed E-state index contributed by atoms with van der Waals surface area (Å²) in [6, 6.07) is 0.272. The molecule has 0 radical (unpaired) electrons. The van der Waals surface area contributed by atoms with Gasteiger partial charge in [0.25, 0.3) is 0 Å². The number of rotatable bonds is 5. The molecule has 1 saturated carbocycles. The summed E-state index contributed by atoms with van der Waals surface area (Å²) >= 11 is 0. The second-order valence-corrected chi connectivity index (χ2v) is 5.80. The van der Waals surface area contributed by atoms with Crippen LogP contribution in [-0.4, -0.2) is 39.5 Å². The highest BCUT2D eigenvalue weighted by Crippen LogP contribution is 2.19. The Bertz CT molecular complexity index is 531. The predicted octanol–water partition coefficient (Wildman–Crippen LogP) is 2.05. The Hall–Kier alpha value is -1.80. The highest BCUT2D eigenvalue weighted by atomic mass is 19.4. The van der Waals surface area contributed by atoms with E-state index in [4.69, 9.17) is 0 Å². The second kappa shape index (κ2) is 7.65. The number of hydrogen-bond acceptors (Lipinski definition) is 3. The molecule has 1 aromatic heterocycles. The summed E-state index contributed by atoms with van der Waals surface area (Å²) < 4.78 is 38.7. The molecule has 0 amide bonds. The predicted molar refractivity (Wildman–Crippen MR) is 80.9 cm³/mol. The Balaban J connectivity index is 1.96. The van der Waals surface area contributed by atoms with E-state index in [1.165, 1.54) is 0 Å². The first-order valence-corrected chi connectivity index (χ1v) is 7.81. The van der Waals surface area contributed by atoms with Gasteiger partial charge in [0, 0.05) is 19.6 Å². The van der Waals surface area contributed by atoms with Gasteiger partial charge in [-0.25, -0.2) is 4.99 Å². The van der Waals surface area contributed by atoms with Crippen LogP contribution in [0.2, 0.25) is 0 Å². The standard InChI is InChI=1S/C14H23F3N6/c1-10-21-22-12(23(10)2)9-19-13(18-8-7-14(15,16)17)20-11-5-3-4-6-11/h11H,3-9H2,1-2H3,(H2,18,19,20). The van der Waals surface area contributed by atoms with Gasteiger partial charge in [0.2, 0.25) is 0 Å². The molecule has 6 nitrogen and oxygen atoms in total. The van der Waals surface area contributed by atoms with E-state index in [0.29, 0.717) is 11.8 Å². The molecule has 130 valence electrons. The Morgan fingerprint density at radius 3 is 2.57 bits per heavy atom. The average Bonchev–Trinajstić information content (AvgIpc) is 3.07. The Kier molecular flexibility index (Phi) is 5.84. The minimum atomic E-state index is -4.17. The van der Waals surface area contributed by atoms with Crippen molar-refractivity contribution < 1.29 is 13.2 Å². The first kappa shape index (κ1) is 17.6. The minimum Gasteiger partial charge on any atom is -0.356 e. The molecule has 0 spiro atoms. The normalized spacial score (nSPS) is 16.8. The highest BCUT2D eigenvalue weighted by Gasteiger charge is 2.26. The fourth-order valence-corrected chi connectivity index (χ4v) is 2.48. The van der Waals surface area contributed by atoms with Crippen molar-refractivity contribution in [3.05, 3.63) is 11.6 Å². The lowest BCUT2D eigenvalue weighted by molar-refractivity contribution is -0.132. The summed E-state index contributed by atoms with van der Waals surface area (Å²) in [5.74, 6) is 1.85. The maximum absolute atomic E-state index is 12.3. The molecule has 1 aromatic rings. The number of hydrogen-bond donors (Lipinski definition) is 2. The third-order valence-electron chi connectivity index (χ3n) is 3.96. The molecular formula is C14H23F3N6. The number of guanidine groups is 1. The summed E-state index contributed by atoms with van der Waals surface area (Å²) in [6.45, 7) is 1.91. The zero-order chi connectivity index (χ0) is 16.9. The van der Waals surface area contributed by atoms with Crippen molar-refractivity contribution in [3.8, 4) is 0 Å². The molecule has 1 heterocycles. The van der Waals surface area contributed by atoms with Crippen molar-refractivity contribution in [1.82, 2.24) is 25.4 Å². The summed E-state index contributed by atoms with van der Waals surface area (Å²) in [5.41, 5.74) is 0. The van der Waals surface area contributed by atoms with Crippen LogP contribution in [0.5, 0.6) is 0 Å². The van der Waals surface area contributed by atoms with Gasteiger partial charge in [0.15, 0.2) is 11.8 Å². The third kappa shape index (κ3) is 5.72. The fourth-order valence-electron chi connectivity index (χ4n) is 2.48. The monoisotopic (exact) mass is 332 g/mol. The van der Waals surface area contributed by atoms with E-state index in [1.807, 2.05) is 18.5 Å². The Labute approximate surface area is 133 Å². The van der Waals surface area contributed by atoms with Crippen molar-refractivity contribution in [3.63, 3.8) is 0 Å². The van der Waals surface area contributed by atoms with Gasteiger partial charge in [0.1, 0.15) is 12.4 Å². The van der Waals surface area contributed by atoms with Crippen molar-refractivity contribution in [2.24, 2.45) is 12.0 Å². The van der Waals surface area contributed by atoms with E-state index in [1.54, 1.807) is 0 Å². The van der Waals surface area contributed by atoms with Gasteiger partial charge >= 0.3 is 6.18 Å². The van der Waals surface area contributed by atoms with E-state index in [0.717, 1.165) is 31.5 Å². The second-order valence-electron chi connectivity index (χ2n) is 5.80. The minimum absolute atomic E-state index is 0.195. The lowest BCUT2D eigenvalue weighted by Gasteiger charge is -2.17. The summed E-state index contributed by atoms with van der Waals surface area (Å²) in [7, 11) is 1.83. The number of nitrogens with zero attached hydrogens (tertiary/aromatic N) is 4. The highest BCUT2D eigenvalue weighted by molar-refractivity contribution is 5.80. The zero-order valence-corrected chi connectivity index (χ0v) is 13.4. The molecule has 1 aliphatic carbocycles. The quantitative estimate of drug-likeness (QED) is 0.640. The van der Waals surface area contributed by atoms with Gasteiger partial charge < -0.3 is 15.2 Å². The van der Waals surface area contributed by atoms with Gasteiger partial charge in [-0.3, -0.25) is 0 Å². The largest absolute Gasteiger partial charge is 0.390 e. The molecule has 0 atom stereocenters. The van der Waals surface area contributed by atoms with E-state index in [2.05, 4.69) is 25.8 Å². The van der Waals surface area contributed by atoms with Crippen LogP contribution in [0.4, 0.5) is 13.2 Å². The van der Waals surface area contributed by atoms with Crippen LogP contribution in [0.15, 0.2) is 4.99 Å². The van der Waals surface area contributed by atoms with Gasteiger partial charge in [-0.1, -0.05) is 12.8 Å². The van der Waals surface area contributed by atoms with Gasteiger partial charge in [-0.05, 0) is 19.8 Å². The number of aromatic nitrogens is 3. The zero-order valence-electron chi connectivity index (χ0n) is 13.4. The molecule has 2 rings (SSSR count). The molecule has 0 bridgehead atoms. The van der Waals surface area contributed by atoms with Gasteiger partial charge in [-0.15, -0.1) is 10.2 Å². The van der Waals surface area contributed by atoms with Gasteiger partial charge in [-0.2, -0.15) is 13.2 Å². The summed E-state index contributed by atoms with van der Waals surface area (Å²) in [4.78, 5) is 4.35. The van der Waals surface area contributed by atoms with E-state index in [9.17, 15) is 13.2 Å².